The predicted octanol–water partition coefficient (Wildman–Crippen LogP) is 4.12. The maximum Gasteiger partial charge on any atom is 0.253 e. The number of fused-ring (bicyclic) bond motifs is 1. The highest BCUT2D eigenvalue weighted by atomic mass is 16.2. The second-order valence-electron chi connectivity index (χ2n) is 7.47. The van der Waals surface area contributed by atoms with E-state index < -0.39 is 6.04 Å². The first-order chi connectivity index (χ1) is 14.4. The van der Waals surface area contributed by atoms with Gasteiger partial charge in [0.25, 0.3) is 5.91 Å². The molecule has 0 bridgehead atoms. The van der Waals surface area contributed by atoms with E-state index in [1.54, 1.807) is 35.4 Å². The van der Waals surface area contributed by atoms with E-state index in [1.807, 2.05) is 44.2 Å². The van der Waals surface area contributed by atoms with Crippen LogP contribution in [0.4, 0.5) is 5.69 Å². The van der Waals surface area contributed by atoms with Crippen molar-refractivity contribution < 1.29 is 14.4 Å². The SMILES string of the molecule is CCC(C)NC(=O)c1ccccc1NC(=O)CC1c2ccccc2C=CN1C(C)=O. The molecule has 2 aromatic rings. The van der Waals surface area contributed by atoms with Crippen LogP contribution in [0.15, 0.2) is 54.7 Å². The molecule has 0 fully saturated rings. The first-order valence-electron chi connectivity index (χ1n) is 10.2. The maximum absolute atomic E-state index is 12.9. The number of hydrogen-bond donors (Lipinski definition) is 2. The van der Waals surface area contributed by atoms with Gasteiger partial charge in [0.2, 0.25) is 11.8 Å². The number of amides is 3. The Hall–Kier alpha value is -3.41. The van der Waals surface area contributed by atoms with Crippen molar-refractivity contribution in [2.75, 3.05) is 5.32 Å². The highest BCUT2D eigenvalue weighted by Gasteiger charge is 2.28. The van der Waals surface area contributed by atoms with E-state index in [2.05, 4.69) is 10.6 Å². The van der Waals surface area contributed by atoms with Crippen molar-refractivity contribution in [1.82, 2.24) is 10.2 Å². The van der Waals surface area contributed by atoms with Gasteiger partial charge >= 0.3 is 0 Å². The lowest BCUT2D eigenvalue weighted by Crippen LogP contribution is -2.34. The fraction of sp³-hybridized carbons (Fsp3) is 0.292. The van der Waals surface area contributed by atoms with Gasteiger partial charge in [-0.15, -0.1) is 0 Å². The van der Waals surface area contributed by atoms with Crippen LogP contribution in [0.1, 0.15) is 61.1 Å². The molecule has 0 saturated carbocycles. The highest BCUT2D eigenvalue weighted by molar-refractivity contribution is 6.04. The lowest BCUT2D eigenvalue weighted by Gasteiger charge is -2.32. The summed E-state index contributed by atoms with van der Waals surface area (Å²) < 4.78 is 0. The monoisotopic (exact) mass is 405 g/mol. The molecule has 0 aromatic heterocycles. The lowest BCUT2D eigenvalue weighted by molar-refractivity contribution is -0.129. The van der Waals surface area contributed by atoms with E-state index in [0.29, 0.717) is 11.3 Å². The summed E-state index contributed by atoms with van der Waals surface area (Å²) in [5.41, 5.74) is 2.78. The molecule has 0 spiro atoms. The zero-order valence-electron chi connectivity index (χ0n) is 17.5. The van der Waals surface area contributed by atoms with Crippen molar-refractivity contribution in [3.63, 3.8) is 0 Å². The Balaban J connectivity index is 1.79. The topological polar surface area (TPSA) is 78.5 Å². The number of benzene rings is 2. The molecule has 2 unspecified atom stereocenters. The summed E-state index contributed by atoms with van der Waals surface area (Å²) in [7, 11) is 0. The molecular formula is C24H27N3O3. The normalized spacial score (nSPS) is 15.8. The number of para-hydroxylation sites is 1. The van der Waals surface area contributed by atoms with Gasteiger partial charge < -0.3 is 15.5 Å². The Labute approximate surface area is 177 Å². The standard InChI is InChI=1S/C24H27N3O3/c1-4-16(2)25-24(30)20-11-7-8-12-21(20)26-23(29)15-22-19-10-6-5-9-18(19)13-14-27(22)17(3)28/h5-14,16,22H,4,15H2,1-3H3,(H,25,30)(H,26,29). The van der Waals surface area contributed by atoms with E-state index in [0.717, 1.165) is 17.5 Å². The molecule has 0 aliphatic carbocycles. The van der Waals surface area contributed by atoms with Crippen molar-refractivity contribution >= 4 is 29.5 Å². The molecule has 156 valence electrons. The molecule has 2 atom stereocenters. The smallest absolute Gasteiger partial charge is 0.253 e. The van der Waals surface area contributed by atoms with Gasteiger partial charge in [-0.25, -0.2) is 0 Å². The average molecular weight is 405 g/mol. The summed E-state index contributed by atoms with van der Waals surface area (Å²) >= 11 is 0. The van der Waals surface area contributed by atoms with E-state index in [9.17, 15) is 14.4 Å². The molecule has 1 aliphatic rings. The van der Waals surface area contributed by atoms with Crippen LogP contribution in [0.5, 0.6) is 0 Å². The minimum Gasteiger partial charge on any atom is -0.350 e. The van der Waals surface area contributed by atoms with Crippen LogP contribution < -0.4 is 10.6 Å². The molecular weight excluding hydrogens is 378 g/mol. The lowest BCUT2D eigenvalue weighted by atomic mass is 9.93. The molecule has 0 saturated heterocycles. The van der Waals surface area contributed by atoms with E-state index in [-0.39, 0.29) is 30.2 Å². The fourth-order valence-corrected chi connectivity index (χ4v) is 3.48. The van der Waals surface area contributed by atoms with Gasteiger partial charge in [-0.1, -0.05) is 43.3 Å². The summed E-state index contributed by atoms with van der Waals surface area (Å²) in [5.74, 6) is -0.622. The number of hydrogen-bond acceptors (Lipinski definition) is 3. The number of anilines is 1. The molecule has 2 N–H and O–H groups in total. The van der Waals surface area contributed by atoms with Gasteiger partial charge in [-0.2, -0.15) is 0 Å². The van der Waals surface area contributed by atoms with Gasteiger partial charge in [0.1, 0.15) is 0 Å². The highest BCUT2D eigenvalue weighted by Crippen LogP contribution is 2.33. The van der Waals surface area contributed by atoms with Crippen molar-refractivity contribution in [3.05, 3.63) is 71.4 Å². The van der Waals surface area contributed by atoms with Crippen molar-refractivity contribution in [3.8, 4) is 0 Å². The molecule has 0 radical (unpaired) electrons. The molecule has 1 aliphatic heterocycles. The quantitative estimate of drug-likeness (QED) is 0.759. The third kappa shape index (κ3) is 4.76. The third-order valence-electron chi connectivity index (χ3n) is 5.28. The Bertz CT molecular complexity index is 983. The average Bonchev–Trinajstić information content (AvgIpc) is 2.73. The predicted molar refractivity (Wildman–Crippen MR) is 118 cm³/mol. The van der Waals surface area contributed by atoms with E-state index in [1.165, 1.54) is 6.92 Å². The molecule has 30 heavy (non-hydrogen) atoms. The number of nitrogens with one attached hydrogen (secondary N) is 2. The van der Waals surface area contributed by atoms with Crippen LogP contribution in [0.3, 0.4) is 0 Å². The van der Waals surface area contributed by atoms with Gasteiger partial charge in [0.05, 0.1) is 23.7 Å². The molecule has 6 nitrogen and oxygen atoms in total. The zero-order valence-corrected chi connectivity index (χ0v) is 17.5. The first kappa shape index (κ1) is 21.3. The minimum atomic E-state index is -0.398. The number of carbonyl (C=O) groups excluding carboxylic acids is 3. The summed E-state index contributed by atoms with van der Waals surface area (Å²) in [6.45, 7) is 5.41. The van der Waals surface area contributed by atoms with Crippen LogP contribution in [0.25, 0.3) is 6.08 Å². The second-order valence-corrected chi connectivity index (χ2v) is 7.47. The number of nitrogens with zero attached hydrogens (tertiary/aromatic N) is 1. The summed E-state index contributed by atoms with van der Waals surface area (Å²) in [6, 6.07) is 14.3. The van der Waals surface area contributed by atoms with Crippen molar-refractivity contribution in [2.24, 2.45) is 0 Å². The van der Waals surface area contributed by atoms with Crippen molar-refractivity contribution in [1.29, 1.82) is 0 Å². The molecule has 3 amide bonds. The van der Waals surface area contributed by atoms with E-state index >= 15 is 0 Å². The van der Waals surface area contributed by atoms with Gasteiger partial charge in [0, 0.05) is 19.2 Å². The Kier molecular flexibility index (Phi) is 6.67. The van der Waals surface area contributed by atoms with E-state index in [4.69, 9.17) is 0 Å². The number of carbonyl (C=O) groups is 3. The van der Waals surface area contributed by atoms with Crippen molar-refractivity contribution in [2.45, 2.75) is 45.7 Å². The second kappa shape index (κ2) is 9.39. The summed E-state index contributed by atoms with van der Waals surface area (Å²) in [4.78, 5) is 39.2. The van der Waals surface area contributed by atoms with Crippen LogP contribution >= 0.6 is 0 Å². The Morgan fingerprint density at radius 1 is 1.07 bits per heavy atom. The summed E-state index contributed by atoms with van der Waals surface area (Å²) in [6.07, 6.45) is 4.49. The Morgan fingerprint density at radius 2 is 1.77 bits per heavy atom. The van der Waals surface area contributed by atoms with Crippen LogP contribution in [-0.2, 0) is 9.59 Å². The third-order valence-corrected chi connectivity index (χ3v) is 5.28. The Morgan fingerprint density at radius 3 is 2.50 bits per heavy atom. The molecule has 6 heteroatoms. The fourth-order valence-electron chi connectivity index (χ4n) is 3.48. The largest absolute Gasteiger partial charge is 0.350 e. The number of rotatable bonds is 6. The van der Waals surface area contributed by atoms with Crippen LogP contribution in [0.2, 0.25) is 0 Å². The minimum absolute atomic E-state index is 0.0379. The van der Waals surface area contributed by atoms with Gasteiger partial charge in [0.15, 0.2) is 0 Å². The summed E-state index contributed by atoms with van der Waals surface area (Å²) in [5, 5.41) is 5.78. The van der Waals surface area contributed by atoms with Crippen LogP contribution in [-0.4, -0.2) is 28.7 Å². The first-order valence-corrected chi connectivity index (χ1v) is 10.2. The van der Waals surface area contributed by atoms with Crippen LogP contribution in [0, 0.1) is 0 Å². The molecule has 1 heterocycles. The molecule has 3 rings (SSSR count). The molecule has 2 aromatic carbocycles. The maximum atomic E-state index is 12.9. The van der Waals surface area contributed by atoms with Gasteiger partial charge in [-0.3, -0.25) is 14.4 Å². The van der Waals surface area contributed by atoms with Gasteiger partial charge in [-0.05, 0) is 42.7 Å². The zero-order chi connectivity index (χ0) is 21.7.